The Bertz CT molecular complexity index is 376. The first kappa shape index (κ1) is 14.0. The van der Waals surface area contributed by atoms with Crippen LogP contribution in [0.25, 0.3) is 0 Å². The van der Waals surface area contributed by atoms with Crippen LogP contribution in [0.1, 0.15) is 80.3 Å². The highest BCUT2D eigenvalue weighted by atomic mass is 32.1. The van der Waals surface area contributed by atoms with Crippen LogP contribution in [0, 0.1) is 5.92 Å². The molecule has 1 saturated carbocycles. The standard InChI is InChI=1S/C15H26N2S/c1-4-11-5-7-12(8-6-11)15-17-14(10(2)3)13(9-16)18-15/h10-12H,4-9,16H2,1-3H3. The molecule has 0 spiro atoms. The van der Waals surface area contributed by atoms with Crippen LogP contribution in [0.15, 0.2) is 0 Å². The highest BCUT2D eigenvalue weighted by Gasteiger charge is 2.25. The Hall–Kier alpha value is -0.410. The normalized spacial score (nSPS) is 24.7. The van der Waals surface area contributed by atoms with Gasteiger partial charge in [0.15, 0.2) is 0 Å². The second kappa shape index (κ2) is 6.16. The summed E-state index contributed by atoms with van der Waals surface area (Å²) in [5, 5.41) is 1.36. The van der Waals surface area contributed by atoms with Crippen LogP contribution in [-0.4, -0.2) is 4.98 Å². The Kier molecular flexibility index (Phi) is 4.79. The van der Waals surface area contributed by atoms with E-state index in [-0.39, 0.29) is 0 Å². The summed E-state index contributed by atoms with van der Waals surface area (Å²) in [7, 11) is 0. The molecule has 0 bridgehead atoms. The molecule has 2 N–H and O–H groups in total. The maximum atomic E-state index is 5.85. The number of hydrogen-bond donors (Lipinski definition) is 1. The van der Waals surface area contributed by atoms with Gasteiger partial charge in [-0.05, 0) is 37.5 Å². The minimum atomic E-state index is 0.500. The number of rotatable bonds is 4. The lowest BCUT2D eigenvalue weighted by atomic mass is 9.81. The van der Waals surface area contributed by atoms with Gasteiger partial charge < -0.3 is 5.73 Å². The van der Waals surface area contributed by atoms with E-state index < -0.39 is 0 Å². The molecule has 0 aliphatic heterocycles. The maximum Gasteiger partial charge on any atom is 0.0962 e. The molecule has 2 rings (SSSR count). The quantitative estimate of drug-likeness (QED) is 0.876. The van der Waals surface area contributed by atoms with Gasteiger partial charge in [-0.3, -0.25) is 0 Å². The second-order valence-electron chi connectivity index (χ2n) is 5.85. The molecule has 1 aliphatic rings. The maximum absolute atomic E-state index is 5.85. The van der Waals surface area contributed by atoms with E-state index in [2.05, 4.69) is 20.8 Å². The van der Waals surface area contributed by atoms with Gasteiger partial charge in [-0.2, -0.15) is 0 Å². The van der Waals surface area contributed by atoms with E-state index in [0.717, 1.165) is 5.92 Å². The molecule has 0 aromatic carbocycles. The molecule has 0 atom stereocenters. The molecule has 0 unspecified atom stereocenters. The van der Waals surface area contributed by atoms with Gasteiger partial charge in [0.1, 0.15) is 0 Å². The van der Waals surface area contributed by atoms with Crippen molar-refractivity contribution in [3.63, 3.8) is 0 Å². The number of hydrogen-bond acceptors (Lipinski definition) is 3. The Balaban J connectivity index is 2.10. The summed E-state index contributed by atoms with van der Waals surface area (Å²) in [4.78, 5) is 6.20. The van der Waals surface area contributed by atoms with Crippen molar-refractivity contribution in [3.8, 4) is 0 Å². The summed E-state index contributed by atoms with van der Waals surface area (Å²) in [6, 6.07) is 0. The van der Waals surface area contributed by atoms with Crippen molar-refractivity contribution in [2.75, 3.05) is 0 Å². The molecule has 1 heterocycles. The molecule has 0 radical (unpaired) electrons. The molecule has 18 heavy (non-hydrogen) atoms. The summed E-state index contributed by atoms with van der Waals surface area (Å²) in [5.41, 5.74) is 7.09. The number of nitrogens with two attached hydrogens (primary N) is 1. The first-order chi connectivity index (χ1) is 8.65. The van der Waals surface area contributed by atoms with E-state index in [0.29, 0.717) is 18.4 Å². The van der Waals surface area contributed by atoms with Gasteiger partial charge in [-0.1, -0.05) is 27.2 Å². The number of aromatic nitrogens is 1. The van der Waals surface area contributed by atoms with Crippen molar-refractivity contribution in [1.82, 2.24) is 4.98 Å². The van der Waals surface area contributed by atoms with Crippen LogP contribution in [0.4, 0.5) is 0 Å². The third-order valence-electron chi connectivity index (χ3n) is 4.25. The third kappa shape index (κ3) is 2.94. The van der Waals surface area contributed by atoms with E-state index in [1.54, 1.807) is 0 Å². The van der Waals surface area contributed by atoms with Crippen molar-refractivity contribution < 1.29 is 0 Å². The summed E-state index contributed by atoms with van der Waals surface area (Å²) < 4.78 is 0. The summed E-state index contributed by atoms with van der Waals surface area (Å²) in [6.45, 7) is 7.39. The molecular formula is C15H26N2S. The molecule has 1 aliphatic carbocycles. The lowest BCUT2D eigenvalue weighted by Gasteiger charge is -2.26. The van der Waals surface area contributed by atoms with E-state index in [9.17, 15) is 0 Å². The van der Waals surface area contributed by atoms with Gasteiger partial charge in [0.05, 0.1) is 10.7 Å². The van der Waals surface area contributed by atoms with E-state index in [1.807, 2.05) is 11.3 Å². The molecule has 1 aromatic rings. The van der Waals surface area contributed by atoms with Gasteiger partial charge in [0, 0.05) is 17.3 Å². The zero-order chi connectivity index (χ0) is 13.1. The molecule has 3 heteroatoms. The summed E-state index contributed by atoms with van der Waals surface area (Å²) >= 11 is 1.87. The van der Waals surface area contributed by atoms with Crippen LogP contribution in [0.3, 0.4) is 0 Å². The van der Waals surface area contributed by atoms with Crippen LogP contribution in [0.2, 0.25) is 0 Å². The predicted octanol–water partition coefficient (Wildman–Crippen LogP) is 4.41. The first-order valence-corrected chi connectivity index (χ1v) is 8.16. The number of thiazole rings is 1. The Labute approximate surface area is 115 Å². The van der Waals surface area contributed by atoms with Crippen molar-refractivity contribution in [2.24, 2.45) is 11.7 Å². The van der Waals surface area contributed by atoms with Crippen molar-refractivity contribution in [3.05, 3.63) is 15.6 Å². The highest BCUT2D eigenvalue weighted by molar-refractivity contribution is 7.11. The average Bonchev–Trinajstić information content (AvgIpc) is 2.83. The van der Waals surface area contributed by atoms with E-state index >= 15 is 0 Å². The zero-order valence-electron chi connectivity index (χ0n) is 11.9. The Morgan fingerprint density at radius 3 is 2.39 bits per heavy atom. The van der Waals surface area contributed by atoms with Crippen molar-refractivity contribution >= 4 is 11.3 Å². The second-order valence-corrected chi connectivity index (χ2v) is 6.96. The first-order valence-electron chi connectivity index (χ1n) is 7.35. The van der Waals surface area contributed by atoms with E-state index in [1.165, 1.54) is 47.7 Å². The minimum Gasteiger partial charge on any atom is -0.326 e. The smallest absolute Gasteiger partial charge is 0.0962 e. The minimum absolute atomic E-state index is 0.500. The topological polar surface area (TPSA) is 38.9 Å². The zero-order valence-corrected chi connectivity index (χ0v) is 12.7. The lowest BCUT2D eigenvalue weighted by molar-refractivity contribution is 0.318. The molecule has 0 amide bonds. The van der Waals surface area contributed by atoms with Gasteiger partial charge in [-0.15, -0.1) is 11.3 Å². The SMILES string of the molecule is CCC1CCC(c2nc(C(C)C)c(CN)s2)CC1. The summed E-state index contributed by atoms with van der Waals surface area (Å²) in [6.07, 6.45) is 6.77. The van der Waals surface area contributed by atoms with Gasteiger partial charge >= 0.3 is 0 Å². The van der Waals surface area contributed by atoms with Gasteiger partial charge in [-0.25, -0.2) is 4.98 Å². The van der Waals surface area contributed by atoms with Crippen LogP contribution in [0.5, 0.6) is 0 Å². The Morgan fingerprint density at radius 1 is 1.28 bits per heavy atom. The fraction of sp³-hybridized carbons (Fsp3) is 0.800. The van der Waals surface area contributed by atoms with Crippen LogP contribution in [-0.2, 0) is 6.54 Å². The molecule has 102 valence electrons. The number of nitrogens with zero attached hydrogens (tertiary/aromatic N) is 1. The fourth-order valence-electron chi connectivity index (χ4n) is 2.97. The molecule has 2 nitrogen and oxygen atoms in total. The van der Waals surface area contributed by atoms with E-state index in [4.69, 9.17) is 10.7 Å². The summed E-state index contributed by atoms with van der Waals surface area (Å²) in [5.74, 6) is 2.16. The van der Waals surface area contributed by atoms with Crippen molar-refractivity contribution in [1.29, 1.82) is 0 Å². The molecule has 1 fully saturated rings. The van der Waals surface area contributed by atoms with Crippen LogP contribution >= 0.6 is 11.3 Å². The fourth-order valence-corrected chi connectivity index (χ4v) is 4.24. The Morgan fingerprint density at radius 2 is 1.94 bits per heavy atom. The van der Waals surface area contributed by atoms with Crippen molar-refractivity contribution in [2.45, 2.75) is 71.3 Å². The van der Waals surface area contributed by atoms with Crippen LogP contribution < -0.4 is 5.73 Å². The molecule has 1 aromatic heterocycles. The highest BCUT2D eigenvalue weighted by Crippen LogP contribution is 2.39. The van der Waals surface area contributed by atoms with Gasteiger partial charge in [0.2, 0.25) is 0 Å². The largest absolute Gasteiger partial charge is 0.326 e. The van der Waals surface area contributed by atoms with Gasteiger partial charge in [0.25, 0.3) is 0 Å². The molecule has 0 saturated heterocycles. The molecular weight excluding hydrogens is 240 g/mol. The average molecular weight is 266 g/mol. The predicted molar refractivity (Wildman–Crippen MR) is 79.1 cm³/mol. The third-order valence-corrected chi connectivity index (χ3v) is 5.51. The lowest BCUT2D eigenvalue weighted by Crippen LogP contribution is -2.12. The monoisotopic (exact) mass is 266 g/mol.